The van der Waals surface area contributed by atoms with Gasteiger partial charge in [-0.15, -0.1) is 0 Å². The lowest BCUT2D eigenvalue weighted by molar-refractivity contribution is -0.545. The molecule has 0 aromatic carbocycles. The Morgan fingerprint density at radius 3 is 2.65 bits per heavy atom. The molecule has 0 aromatic heterocycles. The molecule has 6 heteroatoms. The number of Topliss-reactive ketones (excluding diaryl/α,β-unsaturated/α-hetero) is 1. The van der Waals surface area contributed by atoms with Gasteiger partial charge in [-0.1, -0.05) is 13.8 Å². The Hall–Kier alpha value is -1.01. The van der Waals surface area contributed by atoms with Gasteiger partial charge in [-0.05, 0) is 0 Å². The van der Waals surface area contributed by atoms with Gasteiger partial charge in [-0.3, -0.25) is 14.9 Å². The summed E-state index contributed by atoms with van der Waals surface area (Å²) in [5, 5.41) is 11.1. The molecule has 17 heavy (non-hydrogen) atoms. The predicted molar refractivity (Wildman–Crippen MR) is 60.1 cm³/mol. The van der Waals surface area contributed by atoms with E-state index in [-0.39, 0.29) is 48.3 Å². The minimum Gasteiger partial charge on any atom is -0.359 e. The summed E-state index contributed by atoms with van der Waals surface area (Å²) >= 11 is 0. The van der Waals surface area contributed by atoms with Crippen molar-refractivity contribution < 1.29 is 19.2 Å². The van der Waals surface area contributed by atoms with E-state index in [2.05, 4.69) is 0 Å². The lowest BCUT2D eigenvalue weighted by Crippen LogP contribution is -2.48. The second-order valence-electron chi connectivity index (χ2n) is 4.65. The van der Waals surface area contributed by atoms with Gasteiger partial charge in [0, 0.05) is 30.3 Å². The Labute approximate surface area is 100 Å². The Kier molecular flexibility index (Phi) is 5.02. The summed E-state index contributed by atoms with van der Waals surface area (Å²) in [7, 11) is 1.49. The highest BCUT2D eigenvalue weighted by Crippen LogP contribution is 2.33. The van der Waals surface area contributed by atoms with Crippen molar-refractivity contribution in [2.75, 3.05) is 20.5 Å². The molecule has 1 rings (SSSR count). The molecule has 0 N–H and O–H groups in total. The zero-order valence-electron chi connectivity index (χ0n) is 10.4. The van der Waals surface area contributed by atoms with Crippen LogP contribution in [0.3, 0.4) is 0 Å². The molecule has 0 amide bonds. The Morgan fingerprint density at radius 1 is 1.47 bits per heavy atom. The van der Waals surface area contributed by atoms with Gasteiger partial charge in [0.2, 0.25) is 6.04 Å². The van der Waals surface area contributed by atoms with Crippen molar-refractivity contribution in [3.8, 4) is 0 Å². The number of carbonyl (C=O) groups excluding carboxylic acids is 1. The molecule has 0 heterocycles. The number of ether oxygens (including phenoxy) is 2. The molecule has 1 fully saturated rings. The van der Waals surface area contributed by atoms with Gasteiger partial charge in [0.1, 0.15) is 12.6 Å². The van der Waals surface area contributed by atoms with Gasteiger partial charge in [-0.2, -0.15) is 0 Å². The van der Waals surface area contributed by atoms with Crippen LogP contribution < -0.4 is 0 Å². The maximum atomic E-state index is 11.7. The number of nitrogens with zero attached hydrogens (tertiary/aromatic N) is 1. The number of hydrogen-bond acceptors (Lipinski definition) is 5. The van der Waals surface area contributed by atoms with Crippen molar-refractivity contribution in [2.24, 2.45) is 17.8 Å². The van der Waals surface area contributed by atoms with Crippen LogP contribution in [0.25, 0.3) is 0 Å². The van der Waals surface area contributed by atoms with Crippen LogP contribution in [0.2, 0.25) is 0 Å². The molecule has 0 aromatic rings. The number of rotatable bonds is 5. The summed E-state index contributed by atoms with van der Waals surface area (Å²) in [6.07, 6.45) is 0.285. The summed E-state index contributed by atoms with van der Waals surface area (Å²) < 4.78 is 9.93. The number of carbonyl (C=O) groups is 1. The molecule has 0 radical (unpaired) electrons. The van der Waals surface area contributed by atoms with Crippen LogP contribution in [-0.2, 0) is 14.3 Å². The molecule has 1 saturated carbocycles. The first-order chi connectivity index (χ1) is 7.99. The first kappa shape index (κ1) is 14.1. The summed E-state index contributed by atoms with van der Waals surface area (Å²) in [6, 6.07) is -0.709. The normalized spacial score (nSPS) is 33.7. The average Bonchev–Trinajstić information content (AvgIpc) is 2.24. The van der Waals surface area contributed by atoms with E-state index >= 15 is 0 Å². The van der Waals surface area contributed by atoms with Gasteiger partial charge >= 0.3 is 0 Å². The molecule has 6 nitrogen and oxygen atoms in total. The Bertz CT molecular complexity index is 294. The Morgan fingerprint density at radius 2 is 2.12 bits per heavy atom. The zero-order valence-corrected chi connectivity index (χ0v) is 10.4. The highest BCUT2D eigenvalue weighted by molar-refractivity contribution is 5.82. The molecule has 0 saturated heterocycles. The molecule has 1 aliphatic rings. The van der Waals surface area contributed by atoms with E-state index < -0.39 is 6.04 Å². The lowest BCUT2D eigenvalue weighted by Gasteiger charge is -2.33. The third-order valence-electron chi connectivity index (χ3n) is 3.45. The van der Waals surface area contributed by atoms with Crippen LogP contribution in [0.4, 0.5) is 0 Å². The van der Waals surface area contributed by atoms with E-state index in [4.69, 9.17) is 9.47 Å². The van der Waals surface area contributed by atoms with Gasteiger partial charge in [0.15, 0.2) is 0 Å². The van der Waals surface area contributed by atoms with E-state index in [1.807, 2.05) is 0 Å². The molecule has 4 atom stereocenters. The number of hydrogen-bond donors (Lipinski definition) is 0. The van der Waals surface area contributed by atoms with Crippen molar-refractivity contribution in [3.63, 3.8) is 0 Å². The maximum Gasteiger partial charge on any atom is 0.221 e. The fourth-order valence-electron chi connectivity index (χ4n) is 2.46. The number of nitro groups is 1. The minimum absolute atomic E-state index is 0.0848. The molecular weight excluding hydrogens is 226 g/mol. The molecule has 1 aliphatic carbocycles. The average molecular weight is 245 g/mol. The largest absolute Gasteiger partial charge is 0.359 e. The van der Waals surface area contributed by atoms with Crippen molar-refractivity contribution in [2.45, 2.75) is 26.3 Å². The number of ketones is 1. The summed E-state index contributed by atoms with van der Waals surface area (Å²) in [5.41, 5.74) is 0. The fraction of sp³-hybridized carbons (Fsp3) is 0.909. The molecule has 0 aliphatic heterocycles. The van der Waals surface area contributed by atoms with E-state index in [1.165, 1.54) is 7.11 Å². The molecule has 98 valence electrons. The van der Waals surface area contributed by atoms with Crippen LogP contribution in [0.15, 0.2) is 0 Å². The summed E-state index contributed by atoms with van der Waals surface area (Å²) in [6.45, 7) is 3.78. The lowest BCUT2D eigenvalue weighted by atomic mass is 9.71. The zero-order chi connectivity index (χ0) is 13.0. The smallest absolute Gasteiger partial charge is 0.221 e. The Balaban J connectivity index is 2.75. The van der Waals surface area contributed by atoms with E-state index in [1.54, 1.807) is 13.8 Å². The second-order valence-corrected chi connectivity index (χ2v) is 4.65. The van der Waals surface area contributed by atoms with Crippen LogP contribution in [0, 0.1) is 27.9 Å². The molecule has 0 spiro atoms. The predicted octanol–water partition coefficient (Wildman–Crippen LogP) is 1.11. The SMILES string of the molecule is COCOC[C@@H]1[C@H]([N+](=O)[O-])[C@@H](C)CC(=O)[C@@H]1C. The van der Waals surface area contributed by atoms with Crippen molar-refractivity contribution >= 4 is 5.78 Å². The molecular formula is C11H19NO5. The van der Waals surface area contributed by atoms with Gasteiger partial charge < -0.3 is 9.47 Å². The van der Waals surface area contributed by atoms with Crippen molar-refractivity contribution in [1.82, 2.24) is 0 Å². The highest BCUT2D eigenvalue weighted by atomic mass is 16.7. The third kappa shape index (κ3) is 3.23. The monoisotopic (exact) mass is 245 g/mol. The summed E-state index contributed by atoms with van der Waals surface area (Å²) in [4.78, 5) is 22.5. The van der Waals surface area contributed by atoms with Gasteiger partial charge in [-0.25, -0.2) is 0 Å². The highest BCUT2D eigenvalue weighted by Gasteiger charge is 2.47. The summed E-state index contributed by atoms with van der Waals surface area (Å²) in [5.74, 6) is -0.832. The van der Waals surface area contributed by atoms with Crippen molar-refractivity contribution in [1.29, 1.82) is 0 Å². The number of methoxy groups -OCH3 is 1. The van der Waals surface area contributed by atoms with Gasteiger partial charge in [0.05, 0.1) is 12.5 Å². The fourth-order valence-corrected chi connectivity index (χ4v) is 2.46. The van der Waals surface area contributed by atoms with Crippen LogP contribution in [-0.4, -0.2) is 37.3 Å². The third-order valence-corrected chi connectivity index (χ3v) is 3.45. The van der Waals surface area contributed by atoms with Crippen LogP contribution >= 0.6 is 0 Å². The van der Waals surface area contributed by atoms with E-state index in [0.717, 1.165) is 0 Å². The van der Waals surface area contributed by atoms with Crippen LogP contribution in [0.5, 0.6) is 0 Å². The van der Waals surface area contributed by atoms with Crippen molar-refractivity contribution in [3.05, 3.63) is 10.1 Å². The molecule has 0 bridgehead atoms. The van der Waals surface area contributed by atoms with E-state index in [0.29, 0.717) is 0 Å². The second kappa shape index (κ2) is 6.07. The molecule has 0 unspecified atom stereocenters. The first-order valence-electron chi connectivity index (χ1n) is 5.72. The van der Waals surface area contributed by atoms with Gasteiger partial charge in [0.25, 0.3) is 0 Å². The maximum absolute atomic E-state index is 11.7. The van der Waals surface area contributed by atoms with E-state index in [9.17, 15) is 14.9 Å². The van der Waals surface area contributed by atoms with Crippen LogP contribution in [0.1, 0.15) is 20.3 Å². The minimum atomic E-state index is -0.709. The topological polar surface area (TPSA) is 78.7 Å². The first-order valence-corrected chi connectivity index (χ1v) is 5.72. The standard InChI is InChI=1S/C11H19NO5/c1-7-4-10(13)8(2)9(5-17-6-16-3)11(7)12(14)15/h7-9,11H,4-6H2,1-3H3/t7-,8+,9-,11+/m0/s1. The quantitative estimate of drug-likeness (QED) is 0.314.